The van der Waals surface area contributed by atoms with Crippen molar-refractivity contribution in [3.05, 3.63) is 23.9 Å². The Labute approximate surface area is 79.8 Å². The summed E-state index contributed by atoms with van der Waals surface area (Å²) in [5, 5.41) is 10.9. The fraction of sp³-hybridized carbons (Fsp3) is 0.125. The molecule has 0 saturated heterocycles. The number of nitrogens with two attached hydrogens (primary N) is 1. The second-order valence-corrected chi connectivity index (χ2v) is 2.54. The number of aliphatic carboxylic acids is 1. The van der Waals surface area contributed by atoms with Crippen molar-refractivity contribution in [1.82, 2.24) is 4.98 Å². The van der Waals surface area contributed by atoms with Crippen LogP contribution in [0.5, 0.6) is 0 Å². The fourth-order valence-corrected chi connectivity index (χ4v) is 0.810. The highest BCUT2D eigenvalue weighted by molar-refractivity contribution is 5.92. The van der Waals surface area contributed by atoms with Crippen LogP contribution in [0.4, 0.5) is 5.82 Å². The Kier molecular flexibility index (Phi) is 3.01. The lowest BCUT2D eigenvalue weighted by Gasteiger charge is -2.01. The molecular weight excluding hydrogens is 186 g/mol. The van der Waals surface area contributed by atoms with Gasteiger partial charge in [-0.1, -0.05) is 0 Å². The number of primary amides is 1. The number of carboxylic acid groups (broad SMARTS) is 1. The minimum atomic E-state index is -0.981. The maximum atomic E-state index is 10.6. The molecule has 1 amide bonds. The van der Waals surface area contributed by atoms with Crippen molar-refractivity contribution in [2.24, 2.45) is 5.73 Å². The highest BCUT2D eigenvalue weighted by Gasteiger charge is 2.01. The van der Waals surface area contributed by atoms with E-state index in [9.17, 15) is 9.59 Å². The third-order valence-corrected chi connectivity index (χ3v) is 1.47. The van der Waals surface area contributed by atoms with Gasteiger partial charge in [-0.2, -0.15) is 0 Å². The lowest BCUT2D eigenvalue weighted by atomic mass is 10.3. The molecule has 74 valence electrons. The van der Waals surface area contributed by atoms with Gasteiger partial charge in [-0.15, -0.1) is 0 Å². The Morgan fingerprint density at radius 3 is 2.64 bits per heavy atom. The van der Waals surface area contributed by atoms with E-state index >= 15 is 0 Å². The molecule has 0 radical (unpaired) electrons. The van der Waals surface area contributed by atoms with Crippen LogP contribution in [0, 0.1) is 0 Å². The van der Waals surface area contributed by atoms with Crippen LogP contribution in [0.15, 0.2) is 18.3 Å². The van der Waals surface area contributed by atoms with Gasteiger partial charge in [0.05, 0.1) is 5.56 Å². The van der Waals surface area contributed by atoms with Crippen molar-refractivity contribution in [3.63, 3.8) is 0 Å². The number of rotatable bonds is 4. The van der Waals surface area contributed by atoms with E-state index < -0.39 is 11.9 Å². The monoisotopic (exact) mass is 195 g/mol. The quantitative estimate of drug-likeness (QED) is 0.610. The van der Waals surface area contributed by atoms with Crippen molar-refractivity contribution in [2.45, 2.75) is 0 Å². The summed E-state index contributed by atoms with van der Waals surface area (Å²) in [7, 11) is 0. The maximum Gasteiger partial charge on any atom is 0.322 e. The Morgan fingerprint density at radius 2 is 2.21 bits per heavy atom. The summed E-state index contributed by atoms with van der Waals surface area (Å²) in [4.78, 5) is 24.6. The molecule has 4 N–H and O–H groups in total. The number of hydrogen-bond donors (Lipinski definition) is 3. The Hall–Kier alpha value is -2.11. The highest BCUT2D eigenvalue weighted by atomic mass is 16.4. The van der Waals surface area contributed by atoms with Crippen LogP contribution in [-0.2, 0) is 4.79 Å². The molecule has 0 fully saturated rings. The number of aromatic nitrogens is 1. The molecule has 6 heteroatoms. The molecule has 0 atom stereocenters. The van der Waals surface area contributed by atoms with Gasteiger partial charge in [-0.3, -0.25) is 9.59 Å². The van der Waals surface area contributed by atoms with E-state index in [-0.39, 0.29) is 12.1 Å². The number of amides is 1. The van der Waals surface area contributed by atoms with E-state index in [1.165, 1.54) is 18.3 Å². The lowest BCUT2D eigenvalue weighted by Crippen LogP contribution is -2.14. The zero-order valence-corrected chi connectivity index (χ0v) is 7.23. The van der Waals surface area contributed by atoms with Gasteiger partial charge in [0.15, 0.2) is 0 Å². The summed E-state index contributed by atoms with van der Waals surface area (Å²) >= 11 is 0. The highest BCUT2D eigenvalue weighted by Crippen LogP contribution is 2.03. The molecule has 0 spiro atoms. The number of carbonyl (C=O) groups excluding carboxylic acids is 1. The van der Waals surface area contributed by atoms with Gasteiger partial charge in [0, 0.05) is 6.20 Å². The normalized spacial score (nSPS) is 9.43. The first-order valence-electron chi connectivity index (χ1n) is 3.81. The van der Waals surface area contributed by atoms with Gasteiger partial charge in [-0.05, 0) is 12.1 Å². The molecule has 0 unspecified atom stereocenters. The van der Waals surface area contributed by atoms with Crippen LogP contribution in [-0.4, -0.2) is 28.5 Å². The average molecular weight is 195 g/mol. The second kappa shape index (κ2) is 4.22. The van der Waals surface area contributed by atoms with Crippen LogP contribution in [0.1, 0.15) is 10.4 Å². The Balaban J connectivity index is 2.64. The van der Waals surface area contributed by atoms with Crippen LogP contribution in [0.25, 0.3) is 0 Å². The van der Waals surface area contributed by atoms with E-state index in [0.717, 1.165) is 0 Å². The van der Waals surface area contributed by atoms with E-state index in [1.807, 2.05) is 0 Å². The Bertz CT molecular complexity index is 347. The summed E-state index contributed by atoms with van der Waals surface area (Å²) in [5.41, 5.74) is 5.28. The van der Waals surface area contributed by atoms with Crippen LogP contribution < -0.4 is 11.1 Å². The fourth-order valence-electron chi connectivity index (χ4n) is 0.810. The SMILES string of the molecule is NC(=O)c1ccc(NCC(=O)O)nc1. The van der Waals surface area contributed by atoms with E-state index in [0.29, 0.717) is 5.82 Å². The summed E-state index contributed by atoms with van der Waals surface area (Å²) in [6, 6.07) is 2.96. The number of nitrogens with one attached hydrogen (secondary N) is 1. The molecule has 1 aromatic rings. The second-order valence-electron chi connectivity index (χ2n) is 2.54. The molecule has 0 saturated carbocycles. The minimum absolute atomic E-state index is 0.219. The van der Waals surface area contributed by atoms with Crippen LogP contribution in [0.3, 0.4) is 0 Å². The molecule has 1 aromatic heterocycles. The van der Waals surface area contributed by atoms with Crippen molar-refractivity contribution < 1.29 is 14.7 Å². The molecule has 1 heterocycles. The van der Waals surface area contributed by atoms with Crippen molar-refractivity contribution in [3.8, 4) is 0 Å². The molecule has 0 aliphatic heterocycles. The van der Waals surface area contributed by atoms with Crippen LogP contribution in [0.2, 0.25) is 0 Å². The molecule has 0 aliphatic carbocycles. The van der Waals surface area contributed by atoms with E-state index in [1.54, 1.807) is 0 Å². The van der Waals surface area contributed by atoms with E-state index in [2.05, 4.69) is 10.3 Å². The number of carbonyl (C=O) groups is 2. The van der Waals surface area contributed by atoms with Crippen molar-refractivity contribution in [1.29, 1.82) is 0 Å². The number of nitrogens with zero attached hydrogens (tertiary/aromatic N) is 1. The average Bonchev–Trinajstić information content (AvgIpc) is 2.15. The first-order chi connectivity index (χ1) is 6.59. The first kappa shape index (κ1) is 9.97. The molecule has 14 heavy (non-hydrogen) atoms. The smallest absolute Gasteiger partial charge is 0.322 e. The van der Waals surface area contributed by atoms with Crippen LogP contribution >= 0.6 is 0 Å². The topological polar surface area (TPSA) is 105 Å². The van der Waals surface area contributed by atoms with Gasteiger partial charge in [0.2, 0.25) is 5.91 Å². The summed E-state index contributed by atoms with van der Waals surface area (Å²) in [5.74, 6) is -1.16. The Morgan fingerprint density at radius 1 is 1.50 bits per heavy atom. The third kappa shape index (κ3) is 2.74. The predicted molar refractivity (Wildman–Crippen MR) is 48.9 cm³/mol. The first-order valence-corrected chi connectivity index (χ1v) is 3.81. The number of hydrogen-bond acceptors (Lipinski definition) is 4. The summed E-state index contributed by atoms with van der Waals surface area (Å²) in [6.07, 6.45) is 1.28. The van der Waals surface area contributed by atoms with Gasteiger partial charge >= 0.3 is 5.97 Å². The lowest BCUT2D eigenvalue weighted by molar-refractivity contribution is -0.134. The van der Waals surface area contributed by atoms with Gasteiger partial charge in [0.1, 0.15) is 12.4 Å². The zero-order valence-electron chi connectivity index (χ0n) is 7.23. The van der Waals surface area contributed by atoms with Gasteiger partial charge in [-0.25, -0.2) is 4.98 Å². The van der Waals surface area contributed by atoms with Gasteiger partial charge < -0.3 is 16.2 Å². The standard InChI is InChI=1S/C8H9N3O3/c9-8(14)5-1-2-6(10-3-5)11-4-7(12)13/h1-3H,4H2,(H2,9,14)(H,10,11)(H,12,13). The van der Waals surface area contributed by atoms with Crippen molar-refractivity contribution in [2.75, 3.05) is 11.9 Å². The minimum Gasteiger partial charge on any atom is -0.480 e. The molecule has 6 nitrogen and oxygen atoms in total. The largest absolute Gasteiger partial charge is 0.480 e. The zero-order chi connectivity index (χ0) is 10.6. The van der Waals surface area contributed by atoms with Crippen molar-refractivity contribution >= 4 is 17.7 Å². The third-order valence-electron chi connectivity index (χ3n) is 1.47. The summed E-state index contributed by atoms with van der Waals surface area (Å²) < 4.78 is 0. The molecular formula is C8H9N3O3. The molecule has 0 aromatic carbocycles. The molecule has 0 bridgehead atoms. The molecule has 0 aliphatic rings. The maximum absolute atomic E-state index is 10.6. The molecule has 1 rings (SSSR count). The summed E-state index contributed by atoms with van der Waals surface area (Å²) in [6.45, 7) is -0.219. The number of anilines is 1. The number of carboxylic acids is 1. The van der Waals surface area contributed by atoms with Gasteiger partial charge in [0.25, 0.3) is 0 Å². The predicted octanol–water partition coefficient (Wildman–Crippen LogP) is -0.323. The number of pyridine rings is 1. The van der Waals surface area contributed by atoms with E-state index in [4.69, 9.17) is 10.8 Å².